The first-order valence-electron chi connectivity index (χ1n) is 6.36. The molecule has 1 aromatic heterocycles. The second kappa shape index (κ2) is 5.96. The Balaban J connectivity index is 2.30. The van der Waals surface area contributed by atoms with E-state index in [1.165, 1.54) is 12.7 Å². The molecule has 2 aromatic rings. The van der Waals surface area contributed by atoms with Crippen LogP contribution in [0.3, 0.4) is 0 Å². The van der Waals surface area contributed by atoms with E-state index in [1.54, 1.807) is 0 Å². The highest BCUT2D eigenvalue weighted by Crippen LogP contribution is 2.23. The lowest BCUT2D eigenvalue weighted by Gasteiger charge is -2.20. The van der Waals surface area contributed by atoms with Crippen molar-refractivity contribution in [1.82, 2.24) is 14.9 Å². The van der Waals surface area contributed by atoms with Crippen LogP contribution in [-0.2, 0) is 0 Å². The van der Waals surface area contributed by atoms with Gasteiger partial charge in [-0.3, -0.25) is 0 Å². The number of rotatable bonds is 4. The van der Waals surface area contributed by atoms with E-state index in [0.29, 0.717) is 11.9 Å². The topological polar surface area (TPSA) is 38.2 Å². The summed E-state index contributed by atoms with van der Waals surface area (Å²) in [5.41, 5.74) is 2.03. The Labute approximate surface area is 118 Å². The predicted molar refractivity (Wildman–Crippen MR) is 76.1 cm³/mol. The fourth-order valence-electron chi connectivity index (χ4n) is 1.84. The molecular weight excluding hydrogens is 257 g/mol. The molecule has 1 heterocycles. The van der Waals surface area contributed by atoms with Crippen molar-refractivity contribution in [2.24, 2.45) is 0 Å². The van der Waals surface area contributed by atoms with Gasteiger partial charge in [-0.25, -0.2) is 4.98 Å². The highest BCUT2D eigenvalue weighted by Gasteiger charge is 2.11. The van der Waals surface area contributed by atoms with Crippen LogP contribution in [0.2, 0.25) is 0 Å². The van der Waals surface area contributed by atoms with Crippen molar-refractivity contribution < 1.29 is 9.13 Å². The molecule has 0 amide bonds. The lowest BCUT2D eigenvalue weighted by atomic mass is 10.1. The Bertz CT molecular complexity index is 584. The standard InChI is InChI=1S/C15H18FN3O/c1-10(19(2)3)11-5-7-12(8-6-11)14-17-9-13(16)15(18-14)20-4/h5-10H,1-4H3/t10-/m0/s1. The van der Waals surface area contributed by atoms with Crippen molar-refractivity contribution in [3.63, 3.8) is 0 Å². The summed E-state index contributed by atoms with van der Waals surface area (Å²) in [4.78, 5) is 10.2. The van der Waals surface area contributed by atoms with E-state index in [4.69, 9.17) is 4.74 Å². The number of halogens is 1. The molecule has 0 fully saturated rings. The largest absolute Gasteiger partial charge is 0.479 e. The highest BCUT2D eigenvalue weighted by atomic mass is 19.1. The minimum Gasteiger partial charge on any atom is -0.479 e. The van der Waals surface area contributed by atoms with Crippen LogP contribution in [0.1, 0.15) is 18.5 Å². The van der Waals surface area contributed by atoms with E-state index in [0.717, 1.165) is 11.8 Å². The first-order valence-corrected chi connectivity index (χ1v) is 6.36. The molecule has 0 N–H and O–H groups in total. The van der Waals surface area contributed by atoms with E-state index in [1.807, 2.05) is 38.4 Å². The quantitative estimate of drug-likeness (QED) is 0.860. The van der Waals surface area contributed by atoms with Gasteiger partial charge in [0.25, 0.3) is 5.88 Å². The minimum absolute atomic E-state index is 0.0410. The Morgan fingerprint density at radius 3 is 2.40 bits per heavy atom. The number of benzene rings is 1. The van der Waals surface area contributed by atoms with Gasteiger partial charge >= 0.3 is 0 Å². The van der Waals surface area contributed by atoms with Gasteiger partial charge in [-0.05, 0) is 26.6 Å². The Morgan fingerprint density at radius 1 is 1.20 bits per heavy atom. The predicted octanol–water partition coefficient (Wildman–Crippen LogP) is 2.91. The molecular formula is C15H18FN3O. The van der Waals surface area contributed by atoms with E-state index >= 15 is 0 Å². The summed E-state index contributed by atoms with van der Waals surface area (Å²) in [6, 6.07) is 8.25. The maximum absolute atomic E-state index is 13.3. The smallest absolute Gasteiger partial charge is 0.253 e. The van der Waals surface area contributed by atoms with Crippen LogP contribution in [0.25, 0.3) is 11.4 Å². The molecule has 0 aliphatic heterocycles. The fourth-order valence-corrected chi connectivity index (χ4v) is 1.84. The summed E-state index contributed by atoms with van der Waals surface area (Å²) < 4.78 is 18.2. The van der Waals surface area contributed by atoms with Gasteiger partial charge in [0.05, 0.1) is 13.3 Å². The molecule has 5 heteroatoms. The van der Waals surface area contributed by atoms with E-state index in [-0.39, 0.29) is 5.88 Å². The van der Waals surface area contributed by atoms with Gasteiger partial charge in [0.2, 0.25) is 5.82 Å². The van der Waals surface area contributed by atoms with Crippen molar-refractivity contribution in [3.05, 3.63) is 41.8 Å². The number of hydrogen-bond acceptors (Lipinski definition) is 4. The summed E-state index contributed by atoms with van der Waals surface area (Å²) in [5, 5.41) is 0. The zero-order chi connectivity index (χ0) is 14.7. The molecule has 0 bridgehead atoms. The molecule has 0 spiro atoms. The normalized spacial score (nSPS) is 12.5. The van der Waals surface area contributed by atoms with Crippen molar-refractivity contribution in [1.29, 1.82) is 0 Å². The van der Waals surface area contributed by atoms with Gasteiger partial charge in [0.1, 0.15) is 0 Å². The minimum atomic E-state index is -0.561. The van der Waals surface area contributed by atoms with Gasteiger partial charge in [0.15, 0.2) is 5.82 Å². The summed E-state index contributed by atoms with van der Waals surface area (Å²) in [6.45, 7) is 2.13. The number of hydrogen-bond donors (Lipinski definition) is 0. The van der Waals surface area contributed by atoms with Gasteiger partial charge in [-0.1, -0.05) is 24.3 Å². The van der Waals surface area contributed by atoms with Crippen LogP contribution in [0.4, 0.5) is 4.39 Å². The summed E-state index contributed by atoms with van der Waals surface area (Å²) >= 11 is 0. The Kier molecular flexibility index (Phi) is 4.29. The Morgan fingerprint density at radius 2 is 1.85 bits per heavy atom. The molecule has 0 saturated heterocycles. The summed E-state index contributed by atoms with van der Waals surface area (Å²) in [7, 11) is 5.45. The first kappa shape index (κ1) is 14.4. The van der Waals surface area contributed by atoms with Crippen LogP contribution in [0, 0.1) is 5.82 Å². The van der Waals surface area contributed by atoms with E-state index < -0.39 is 5.82 Å². The second-order valence-corrected chi connectivity index (χ2v) is 4.81. The monoisotopic (exact) mass is 275 g/mol. The number of aromatic nitrogens is 2. The first-order chi connectivity index (χ1) is 9.52. The Hall–Kier alpha value is -2.01. The van der Waals surface area contributed by atoms with E-state index in [9.17, 15) is 4.39 Å². The average Bonchev–Trinajstić information content (AvgIpc) is 2.47. The van der Waals surface area contributed by atoms with Crippen molar-refractivity contribution in [2.75, 3.05) is 21.2 Å². The maximum atomic E-state index is 13.3. The zero-order valence-corrected chi connectivity index (χ0v) is 12.1. The third-order valence-corrected chi connectivity index (χ3v) is 3.33. The highest BCUT2D eigenvalue weighted by molar-refractivity contribution is 5.55. The lowest BCUT2D eigenvalue weighted by molar-refractivity contribution is 0.321. The molecule has 4 nitrogen and oxygen atoms in total. The summed E-state index contributed by atoms with van der Waals surface area (Å²) in [5.74, 6) is -0.151. The van der Waals surface area contributed by atoms with Crippen molar-refractivity contribution in [2.45, 2.75) is 13.0 Å². The van der Waals surface area contributed by atoms with Gasteiger partial charge < -0.3 is 9.64 Å². The maximum Gasteiger partial charge on any atom is 0.253 e. The molecule has 0 radical (unpaired) electrons. The number of ether oxygens (including phenoxy) is 1. The van der Waals surface area contributed by atoms with Gasteiger partial charge in [0, 0.05) is 11.6 Å². The molecule has 2 rings (SSSR count). The molecule has 0 aliphatic rings. The average molecular weight is 275 g/mol. The third-order valence-electron chi connectivity index (χ3n) is 3.33. The molecule has 20 heavy (non-hydrogen) atoms. The van der Waals surface area contributed by atoms with Crippen molar-refractivity contribution in [3.8, 4) is 17.3 Å². The van der Waals surface area contributed by atoms with Crippen LogP contribution in [0.5, 0.6) is 5.88 Å². The molecule has 0 unspecified atom stereocenters. The van der Waals surface area contributed by atoms with Crippen LogP contribution in [-0.4, -0.2) is 36.1 Å². The van der Waals surface area contributed by atoms with E-state index in [2.05, 4.69) is 21.8 Å². The van der Waals surface area contributed by atoms with Crippen LogP contribution in [0.15, 0.2) is 30.5 Å². The molecule has 0 aliphatic carbocycles. The molecule has 1 atom stereocenters. The second-order valence-electron chi connectivity index (χ2n) is 4.81. The van der Waals surface area contributed by atoms with Crippen LogP contribution >= 0.6 is 0 Å². The van der Waals surface area contributed by atoms with Gasteiger partial charge in [-0.15, -0.1) is 0 Å². The van der Waals surface area contributed by atoms with Gasteiger partial charge in [-0.2, -0.15) is 9.37 Å². The zero-order valence-electron chi connectivity index (χ0n) is 12.1. The molecule has 1 aromatic carbocycles. The van der Waals surface area contributed by atoms with Crippen LogP contribution < -0.4 is 4.74 Å². The third kappa shape index (κ3) is 2.93. The lowest BCUT2D eigenvalue weighted by Crippen LogP contribution is -2.16. The fraction of sp³-hybridized carbons (Fsp3) is 0.333. The number of nitrogens with zero attached hydrogens (tertiary/aromatic N) is 3. The summed E-state index contributed by atoms with van der Waals surface area (Å²) in [6.07, 6.45) is 1.12. The molecule has 0 saturated carbocycles. The number of methoxy groups -OCH3 is 1. The SMILES string of the molecule is COc1nc(-c2ccc([C@H](C)N(C)C)cc2)ncc1F. The van der Waals surface area contributed by atoms with Crippen molar-refractivity contribution >= 4 is 0 Å². The molecule has 106 valence electrons.